The Morgan fingerprint density at radius 1 is 1.39 bits per heavy atom. The number of rotatable bonds is 6. The topological polar surface area (TPSA) is 41.6 Å². The van der Waals surface area contributed by atoms with Crippen molar-refractivity contribution in [1.82, 2.24) is 10.2 Å². The number of hydrogen-bond donors (Lipinski definition) is 1. The van der Waals surface area contributed by atoms with E-state index in [1.54, 1.807) is 13.1 Å². The van der Waals surface area contributed by atoms with Crippen LogP contribution in [0.1, 0.15) is 24.8 Å². The van der Waals surface area contributed by atoms with Crippen LogP contribution in [-0.4, -0.2) is 37.3 Å². The lowest BCUT2D eigenvalue weighted by molar-refractivity contribution is -0.275. The average Bonchev–Trinajstić information content (AvgIpc) is 2.98. The van der Waals surface area contributed by atoms with Crippen LogP contribution in [0.25, 0.3) is 0 Å². The van der Waals surface area contributed by atoms with Crippen molar-refractivity contribution in [3.05, 3.63) is 29.8 Å². The van der Waals surface area contributed by atoms with Crippen LogP contribution in [0.15, 0.2) is 24.3 Å². The highest BCUT2D eigenvalue weighted by molar-refractivity contribution is 5.75. The van der Waals surface area contributed by atoms with Gasteiger partial charge in [0, 0.05) is 25.6 Å². The molecule has 0 aromatic heterocycles. The smallest absolute Gasteiger partial charge is 0.405 e. The fraction of sp³-hybridized carbons (Fsp3) is 0.562. The molecule has 0 radical (unpaired) electrons. The number of carbonyl (C=O) groups is 1. The van der Waals surface area contributed by atoms with E-state index in [1.165, 1.54) is 23.1 Å². The van der Waals surface area contributed by atoms with E-state index in [0.717, 1.165) is 25.9 Å². The third-order valence-corrected chi connectivity index (χ3v) is 3.96. The van der Waals surface area contributed by atoms with Gasteiger partial charge in [-0.1, -0.05) is 18.2 Å². The minimum Gasteiger partial charge on any atom is -0.405 e. The van der Waals surface area contributed by atoms with Crippen LogP contribution >= 0.6 is 0 Å². The van der Waals surface area contributed by atoms with Gasteiger partial charge in [-0.25, -0.2) is 0 Å². The monoisotopic (exact) mass is 330 g/mol. The number of halogens is 3. The third kappa shape index (κ3) is 5.74. The van der Waals surface area contributed by atoms with Crippen molar-refractivity contribution in [3.8, 4) is 5.75 Å². The molecular weight excluding hydrogens is 309 g/mol. The van der Waals surface area contributed by atoms with Crippen LogP contribution < -0.4 is 10.1 Å². The maximum Gasteiger partial charge on any atom is 0.573 e. The first kappa shape index (κ1) is 17.6. The summed E-state index contributed by atoms with van der Waals surface area (Å²) in [6.45, 7) is 2.00. The number of alkyl halides is 3. The molecular formula is C16H21F3N2O2. The Balaban J connectivity index is 1.91. The van der Waals surface area contributed by atoms with E-state index < -0.39 is 6.36 Å². The predicted octanol–water partition coefficient (Wildman–Crippen LogP) is 2.93. The zero-order valence-corrected chi connectivity index (χ0v) is 13.0. The van der Waals surface area contributed by atoms with E-state index in [9.17, 15) is 18.0 Å². The van der Waals surface area contributed by atoms with E-state index >= 15 is 0 Å². The molecule has 1 aliphatic heterocycles. The molecule has 4 nitrogen and oxygen atoms in total. The first-order chi connectivity index (χ1) is 10.8. The van der Waals surface area contributed by atoms with Gasteiger partial charge in [-0.05, 0) is 37.9 Å². The number of benzene rings is 1. The zero-order chi connectivity index (χ0) is 16.9. The lowest BCUT2D eigenvalue weighted by Gasteiger charge is -2.20. The molecule has 0 saturated carbocycles. The van der Waals surface area contributed by atoms with Gasteiger partial charge in [0.2, 0.25) is 5.91 Å². The molecule has 1 N–H and O–H groups in total. The maximum absolute atomic E-state index is 12.4. The molecule has 7 heteroatoms. The van der Waals surface area contributed by atoms with Crippen molar-refractivity contribution >= 4 is 5.91 Å². The Labute approximate surface area is 133 Å². The summed E-state index contributed by atoms with van der Waals surface area (Å²) in [6.07, 6.45) is -2.46. The lowest BCUT2D eigenvalue weighted by Crippen LogP contribution is -2.27. The molecule has 0 spiro atoms. The number of para-hydroxylation sites is 1. The minimum absolute atomic E-state index is 0.0706. The second-order valence-electron chi connectivity index (χ2n) is 5.80. The van der Waals surface area contributed by atoms with E-state index in [1.807, 2.05) is 0 Å². The molecule has 1 aromatic rings. The van der Waals surface area contributed by atoms with Crippen LogP contribution in [0.2, 0.25) is 0 Å². The summed E-state index contributed by atoms with van der Waals surface area (Å²) in [6, 6.07) is 5.89. The zero-order valence-electron chi connectivity index (χ0n) is 13.0. The number of carbonyl (C=O) groups excluding carboxylic acids is 1. The van der Waals surface area contributed by atoms with E-state index in [2.05, 4.69) is 10.1 Å². The summed E-state index contributed by atoms with van der Waals surface area (Å²) in [7, 11) is 1.60. The lowest BCUT2D eigenvalue weighted by atomic mass is 10.0. The molecule has 1 aliphatic rings. The van der Waals surface area contributed by atoms with Crippen molar-refractivity contribution < 1.29 is 22.7 Å². The van der Waals surface area contributed by atoms with Crippen LogP contribution in [0.4, 0.5) is 13.2 Å². The summed E-state index contributed by atoms with van der Waals surface area (Å²) in [5.74, 6) is 0.173. The summed E-state index contributed by atoms with van der Waals surface area (Å²) in [5, 5.41) is 3.25. The van der Waals surface area contributed by atoms with Crippen molar-refractivity contribution in [2.24, 2.45) is 5.92 Å². The summed E-state index contributed by atoms with van der Waals surface area (Å²) >= 11 is 0. The Bertz CT molecular complexity index is 528. The Hall–Kier alpha value is -1.76. The van der Waals surface area contributed by atoms with E-state index in [4.69, 9.17) is 0 Å². The molecule has 128 valence electrons. The van der Waals surface area contributed by atoms with Crippen molar-refractivity contribution in [1.29, 1.82) is 0 Å². The minimum atomic E-state index is -4.74. The molecule has 1 aromatic carbocycles. The van der Waals surface area contributed by atoms with Gasteiger partial charge in [-0.3, -0.25) is 4.79 Å². The van der Waals surface area contributed by atoms with Gasteiger partial charge in [0.1, 0.15) is 5.75 Å². The number of hydrogen-bond acceptors (Lipinski definition) is 3. The number of ether oxygens (including phenoxy) is 1. The van der Waals surface area contributed by atoms with Crippen molar-refractivity contribution in [3.63, 3.8) is 0 Å². The van der Waals surface area contributed by atoms with Crippen LogP contribution in [0, 0.1) is 5.92 Å². The SMILES string of the molecule is CN(Cc1ccccc1OC(F)(F)F)C(=O)CCC1CCNC1. The predicted molar refractivity (Wildman–Crippen MR) is 79.8 cm³/mol. The van der Waals surface area contributed by atoms with Gasteiger partial charge in [0.25, 0.3) is 0 Å². The standard InChI is InChI=1S/C16H21F3N2O2/c1-21(15(22)7-6-12-8-9-20-10-12)11-13-4-2-3-5-14(13)23-16(17,18)19/h2-5,12,20H,6-11H2,1H3. The molecule has 23 heavy (non-hydrogen) atoms. The Kier molecular flexibility index (Phi) is 5.87. The second kappa shape index (κ2) is 7.68. The summed E-state index contributed by atoms with van der Waals surface area (Å²) < 4.78 is 41.2. The highest BCUT2D eigenvalue weighted by atomic mass is 19.4. The van der Waals surface area contributed by atoms with Crippen LogP contribution in [0.3, 0.4) is 0 Å². The highest BCUT2D eigenvalue weighted by Crippen LogP contribution is 2.27. The molecule has 0 aliphatic carbocycles. The number of nitrogens with one attached hydrogen (secondary N) is 1. The normalized spacial score (nSPS) is 18.0. The molecule has 2 rings (SSSR count). The number of nitrogens with zero attached hydrogens (tertiary/aromatic N) is 1. The molecule has 1 fully saturated rings. The summed E-state index contributed by atoms with van der Waals surface area (Å²) in [4.78, 5) is 13.6. The third-order valence-electron chi connectivity index (χ3n) is 3.96. The van der Waals surface area contributed by atoms with Crippen molar-refractivity contribution in [2.75, 3.05) is 20.1 Å². The average molecular weight is 330 g/mol. The van der Waals surface area contributed by atoms with Gasteiger partial charge in [0.15, 0.2) is 0 Å². The number of amides is 1. The summed E-state index contributed by atoms with van der Waals surface area (Å²) in [5.41, 5.74) is 0.336. The Morgan fingerprint density at radius 3 is 2.78 bits per heavy atom. The molecule has 1 amide bonds. The van der Waals surface area contributed by atoms with Gasteiger partial charge in [0.05, 0.1) is 0 Å². The van der Waals surface area contributed by atoms with Crippen LogP contribution in [0.5, 0.6) is 5.75 Å². The van der Waals surface area contributed by atoms with Crippen LogP contribution in [-0.2, 0) is 11.3 Å². The molecule has 1 saturated heterocycles. The van der Waals surface area contributed by atoms with Gasteiger partial charge in [-0.15, -0.1) is 13.2 Å². The maximum atomic E-state index is 12.4. The van der Waals surface area contributed by atoms with E-state index in [0.29, 0.717) is 17.9 Å². The fourth-order valence-electron chi connectivity index (χ4n) is 2.68. The molecule has 1 heterocycles. The molecule has 0 bridgehead atoms. The van der Waals surface area contributed by atoms with E-state index in [-0.39, 0.29) is 18.2 Å². The molecule has 1 unspecified atom stereocenters. The van der Waals surface area contributed by atoms with Gasteiger partial charge >= 0.3 is 6.36 Å². The first-order valence-electron chi connectivity index (χ1n) is 7.63. The first-order valence-corrected chi connectivity index (χ1v) is 7.63. The van der Waals surface area contributed by atoms with Gasteiger partial charge in [-0.2, -0.15) is 0 Å². The second-order valence-corrected chi connectivity index (χ2v) is 5.80. The Morgan fingerprint density at radius 2 is 2.13 bits per heavy atom. The fourth-order valence-corrected chi connectivity index (χ4v) is 2.68. The highest BCUT2D eigenvalue weighted by Gasteiger charge is 2.32. The molecule has 1 atom stereocenters. The largest absolute Gasteiger partial charge is 0.573 e. The van der Waals surface area contributed by atoms with Crippen molar-refractivity contribution in [2.45, 2.75) is 32.2 Å². The van der Waals surface area contributed by atoms with Gasteiger partial charge < -0.3 is 15.0 Å². The quantitative estimate of drug-likeness (QED) is 0.872.